The van der Waals surface area contributed by atoms with Crippen LogP contribution in [-0.2, 0) is 6.54 Å². The zero-order chi connectivity index (χ0) is 12.4. The van der Waals surface area contributed by atoms with E-state index in [4.69, 9.17) is 0 Å². The Bertz CT molecular complexity index is 599. The molecular formula is C14H17N3O. The molecule has 0 saturated carbocycles. The van der Waals surface area contributed by atoms with E-state index in [1.165, 1.54) is 0 Å². The summed E-state index contributed by atoms with van der Waals surface area (Å²) in [4.78, 5) is 16.9. The molecule has 1 aliphatic heterocycles. The van der Waals surface area contributed by atoms with Crippen molar-refractivity contribution >= 4 is 10.9 Å². The first-order valence-corrected chi connectivity index (χ1v) is 6.37. The van der Waals surface area contributed by atoms with Crippen LogP contribution in [0.15, 0.2) is 35.1 Å². The number of hydrogen-bond acceptors (Lipinski definition) is 3. The van der Waals surface area contributed by atoms with Crippen LogP contribution in [0, 0.1) is 0 Å². The summed E-state index contributed by atoms with van der Waals surface area (Å²) in [6.07, 6.45) is 0. The number of nitrogens with one attached hydrogen (secondary N) is 2. The number of H-pyrrole nitrogens is 1. The van der Waals surface area contributed by atoms with Gasteiger partial charge < -0.3 is 10.3 Å². The number of aromatic amines is 1. The Kier molecular flexibility index (Phi) is 3.13. The second kappa shape index (κ2) is 4.92. The first kappa shape index (κ1) is 11.4. The number of pyridine rings is 1. The smallest absolute Gasteiger partial charge is 0.248 e. The zero-order valence-corrected chi connectivity index (χ0v) is 10.3. The highest BCUT2D eigenvalue weighted by atomic mass is 16.1. The van der Waals surface area contributed by atoms with Gasteiger partial charge in [0.1, 0.15) is 0 Å². The SMILES string of the molecule is O=c1cc(CN2CCNCC2)c2ccccc2[nH]1. The number of fused-ring (bicyclic) bond motifs is 1. The molecule has 0 atom stereocenters. The molecule has 0 spiro atoms. The molecule has 1 saturated heterocycles. The number of nitrogens with zero attached hydrogens (tertiary/aromatic N) is 1. The van der Waals surface area contributed by atoms with Crippen LogP contribution in [0.2, 0.25) is 0 Å². The molecule has 0 radical (unpaired) electrons. The van der Waals surface area contributed by atoms with Gasteiger partial charge in [0.2, 0.25) is 5.56 Å². The van der Waals surface area contributed by atoms with Gasteiger partial charge in [-0.15, -0.1) is 0 Å². The van der Waals surface area contributed by atoms with Crippen molar-refractivity contribution in [3.8, 4) is 0 Å². The van der Waals surface area contributed by atoms with Gasteiger partial charge in [-0.25, -0.2) is 0 Å². The molecule has 2 aromatic rings. The van der Waals surface area contributed by atoms with Gasteiger partial charge in [-0.2, -0.15) is 0 Å². The van der Waals surface area contributed by atoms with Crippen LogP contribution in [0.1, 0.15) is 5.56 Å². The Labute approximate surface area is 106 Å². The summed E-state index contributed by atoms with van der Waals surface area (Å²) < 4.78 is 0. The lowest BCUT2D eigenvalue weighted by molar-refractivity contribution is 0.234. The Morgan fingerprint density at radius 2 is 1.94 bits per heavy atom. The van der Waals surface area contributed by atoms with E-state index < -0.39 is 0 Å². The molecule has 1 aromatic carbocycles. The number of para-hydroxylation sites is 1. The third kappa shape index (κ3) is 2.30. The third-order valence-electron chi connectivity index (χ3n) is 3.44. The third-order valence-corrected chi connectivity index (χ3v) is 3.44. The molecular weight excluding hydrogens is 226 g/mol. The lowest BCUT2D eigenvalue weighted by atomic mass is 10.1. The molecule has 0 unspecified atom stereocenters. The van der Waals surface area contributed by atoms with Crippen molar-refractivity contribution in [3.63, 3.8) is 0 Å². The van der Waals surface area contributed by atoms with Crippen LogP contribution in [0.4, 0.5) is 0 Å². The van der Waals surface area contributed by atoms with Crippen LogP contribution in [0.5, 0.6) is 0 Å². The molecule has 18 heavy (non-hydrogen) atoms. The minimum atomic E-state index is -0.0150. The maximum Gasteiger partial charge on any atom is 0.248 e. The number of hydrogen-bond donors (Lipinski definition) is 2. The summed E-state index contributed by atoms with van der Waals surface area (Å²) in [5.41, 5.74) is 2.03. The van der Waals surface area contributed by atoms with E-state index in [1.54, 1.807) is 6.07 Å². The lowest BCUT2D eigenvalue weighted by Crippen LogP contribution is -2.43. The van der Waals surface area contributed by atoms with Crippen molar-refractivity contribution in [2.24, 2.45) is 0 Å². The molecule has 94 valence electrons. The molecule has 1 aromatic heterocycles. The molecule has 0 amide bonds. The van der Waals surface area contributed by atoms with Crippen molar-refractivity contribution in [3.05, 3.63) is 46.2 Å². The number of piperazine rings is 1. The first-order chi connectivity index (χ1) is 8.83. The maximum atomic E-state index is 11.7. The number of benzene rings is 1. The van der Waals surface area contributed by atoms with Gasteiger partial charge in [0.15, 0.2) is 0 Å². The van der Waals surface area contributed by atoms with Crippen LogP contribution in [-0.4, -0.2) is 36.1 Å². The highest BCUT2D eigenvalue weighted by Gasteiger charge is 2.12. The first-order valence-electron chi connectivity index (χ1n) is 6.37. The van der Waals surface area contributed by atoms with Gasteiger partial charge >= 0.3 is 0 Å². The summed E-state index contributed by atoms with van der Waals surface area (Å²) in [5, 5.41) is 4.49. The van der Waals surface area contributed by atoms with Gasteiger partial charge in [-0.3, -0.25) is 9.69 Å². The highest BCUT2D eigenvalue weighted by molar-refractivity contribution is 5.81. The topological polar surface area (TPSA) is 48.1 Å². The van der Waals surface area contributed by atoms with Gasteiger partial charge in [0.25, 0.3) is 0 Å². The summed E-state index contributed by atoms with van der Waals surface area (Å²) >= 11 is 0. The van der Waals surface area contributed by atoms with Gasteiger partial charge in [-0.05, 0) is 11.6 Å². The van der Waals surface area contributed by atoms with Crippen molar-refractivity contribution < 1.29 is 0 Å². The van der Waals surface area contributed by atoms with Gasteiger partial charge in [0, 0.05) is 49.7 Å². The zero-order valence-electron chi connectivity index (χ0n) is 10.3. The summed E-state index contributed by atoms with van der Waals surface area (Å²) in [5.74, 6) is 0. The van der Waals surface area contributed by atoms with Crippen molar-refractivity contribution in [1.29, 1.82) is 0 Å². The van der Waals surface area contributed by atoms with E-state index in [1.807, 2.05) is 18.2 Å². The second-order valence-electron chi connectivity index (χ2n) is 4.73. The lowest BCUT2D eigenvalue weighted by Gasteiger charge is -2.27. The van der Waals surface area contributed by atoms with E-state index >= 15 is 0 Å². The van der Waals surface area contributed by atoms with Gasteiger partial charge in [-0.1, -0.05) is 18.2 Å². The van der Waals surface area contributed by atoms with E-state index in [2.05, 4.69) is 21.3 Å². The Morgan fingerprint density at radius 3 is 2.78 bits per heavy atom. The highest BCUT2D eigenvalue weighted by Crippen LogP contribution is 2.16. The average Bonchev–Trinajstić information content (AvgIpc) is 2.40. The van der Waals surface area contributed by atoms with Crippen LogP contribution >= 0.6 is 0 Å². The molecule has 4 nitrogen and oxygen atoms in total. The predicted molar refractivity (Wildman–Crippen MR) is 72.7 cm³/mol. The number of aromatic nitrogens is 1. The molecule has 4 heteroatoms. The van der Waals surface area contributed by atoms with E-state index in [0.717, 1.165) is 49.2 Å². The monoisotopic (exact) mass is 243 g/mol. The minimum Gasteiger partial charge on any atom is -0.322 e. The molecule has 0 bridgehead atoms. The standard InChI is InChI=1S/C14H17N3O/c18-14-9-11(10-17-7-5-15-6-8-17)12-3-1-2-4-13(12)16-14/h1-4,9,15H,5-8,10H2,(H,16,18). The molecule has 0 aliphatic carbocycles. The fourth-order valence-electron chi connectivity index (χ4n) is 2.52. The van der Waals surface area contributed by atoms with Crippen LogP contribution in [0.3, 0.4) is 0 Å². The molecule has 3 rings (SSSR count). The van der Waals surface area contributed by atoms with Crippen molar-refractivity contribution in [2.75, 3.05) is 26.2 Å². The fourth-order valence-corrected chi connectivity index (χ4v) is 2.52. The fraction of sp³-hybridized carbons (Fsp3) is 0.357. The number of rotatable bonds is 2. The second-order valence-corrected chi connectivity index (χ2v) is 4.73. The van der Waals surface area contributed by atoms with Crippen molar-refractivity contribution in [1.82, 2.24) is 15.2 Å². The minimum absolute atomic E-state index is 0.0150. The maximum absolute atomic E-state index is 11.7. The Hall–Kier alpha value is -1.65. The summed E-state index contributed by atoms with van der Waals surface area (Å²) in [6, 6.07) is 9.72. The Balaban J connectivity index is 1.97. The largest absolute Gasteiger partial charge is 0.322 e. The quantitative estimate of drug-likeness (QED) is 0.825. The van der Waals surface area contributed by atoms with Crippen LogP contribution < -0.4 is 10.9 Å². The van der Waals surface area contributed by atoms with Crippen LogP contribution in [0.25, 0.3) is 10.9 Å². The average molecular weight is 243 g/mol. The molecule has 2 N–H and O–H groups in total. The Morgan fingerprint density at radius 1 is 1.17 bits per heavy atom. The molecule has 1 aliphatic rings. The molecule has 1 fully saturated rings. The van der Waals surface area contributed by atoms with E-state index in [-0.39, 0.29) is 5.56 Å². The summed E-state index contributed by atoms with van der Waals surface area (Å²) in [7, 11) is 0. The van der Waals surface area contributed by atoms with Crippen molar-refractivity contribution in [2.45, 2.75) is 6.54 Å². The predicted octanol–water partition coefficient (Wildman–Crippen LogP) is 0.933. The van der Waals surface area contributed by atoms with Gasteiger partial charge in [0.05, 0.1) is 0 Å². The van der Waals surface area contributed by atoms with E-state index in [0.29, 0.717) is 0 Å². The normalized spacial score (nSPS) is 17.1. The molecule has 2 heterocycles. The summed E-state index contributed by atoms with van der Waals surface area (Å²) in [6.45, 7) is 5.00. The van der Waals surface area contributed by atoms with E-state index in [9.17, 15) is 4.79 Å².